The van der Waals surface area contributed by atoms with Crippen LogP contribution in [0.15, 0.2) is 36.4 Å². The lowest BCUT2D eigenvalue weighted by Gasteiger charge is -2.38. The molecule has 0 saturated carbocycles. The van der Waals surface area contributed by atoms with Gasteiger partial charge in [-0.3, -0.25) is 9.80 Å². The molecule has 2 aliphatic heterocycles. The van der Waals surface area contributed by atoms with Gasteiger partial charge in [0.05, 0.1) is 7.11 Å². The highest BCUT2D eigenvalue weighted by Crippen LogP contribution is 2.28. The molecule has 0 amide bonds. The molecule has 4 rings (SSSR count). The zero-order valence-electron chi connectivity index (χ0n) is 20.6. The van der Waals surface area contributed by atoms with E-state index < -0.39 is 5.60 Å². The molecule has 0 aromatic heterocycles. The van der Waals surface area contributed by atoms with Gasteiger partial charge in [-0.25, -0.2) is 0 Å². The molecule has 2 saturated heterocycles. The summed E-state index contributed by atoms with van der Waals surface area (Å²) in [5, 5.41) is 11.1. The molecule has 5 nitrogen and oxygen atoms in total. The van der Waals surface area contributed by atoms with Crippen molar-refractivity contribution in [2.24, 2.45) is 0 Å². The SMILES string of the molecule is COc1ccc(CN2CCC(O)(COc3ccc(C)c(C)c3)CC2)cc1CN1CCCCC1. The highest BCUT2D eigenvalue weighted by Gasteiger charge is 2.33. The molecule has 1 N–H and O–H groups in total. The average molecular weight is 453 g/mol. The van der Waals surface area contributed by atoms with Crippen molar-refractivity contribution >= 4 is 0 Å². The van der Waals surface area contributed by atoms with Gasteiger partial charge in [0.15, 0.2) is 0 Å². The van der Waals surface area contributed by atoms with Gasteiger partial charge < -0.3 is 14.6 Å². The van der Waals surface area contributed by atoms with Crippen LogP contribution in [-0.4, -0.2) is 60.4 Å². The lowest BCUT2D eigenvalue weighted by molar-refractivity contribution is -0.0537. The molecule has 2 heterocycles. The van der Waals surface area contributed by atoms with E-state index in [1.54, 1.807) is 7.11 Å². The summed E-state index contributed by atoms with van der Waals surface area (Å²) in [5.74, 6) is 1.83. The number of rotatable bonds is 8. The van der Waals surface area contributed by atoms with E-state index in [9.17, 15) is 5.11 Å². The number of nitrogens with zero attached hydrogens (tertiary/aromatic N) is 2. The number of hydrogen-bond donors (Lipinski definition) is 1. The number of aryl methyl sites for hydroxylation is 2. The largest absolute Gasteiger partial charge is 0.496 e. The Morgan fingerprint density at radius 2 is 1.58 bits per heavy atom. The van der Waals surface area contributed by atoms with Gasteiger partial charge in [-0.2, -0.15) is 0 Å². The van der Waals surface area contributed by atoms with E-state index in [-0.39, 0.29) is 0 Å². The molecule has 0 aliphatic carbocycles. The lowest BCUT2D eigenvalue weighted by atomic mass is 9.92. The Kier molecular flexibility index (Phi) is 7.94. The van der Waals surface area contributed by atoms with Crippen LogP contribution in [-0.2, 0) is 13.1 Å². The molecule has 33 heavy (non-hydrogen) atoms. The van der Waals surface area contributed by atoms with E-state index in [1.807, 2.05) is 6.07 Å². The van der Waals surface area contributed by atoms with Crippen molar-refractivity contribution in [3.63, 3.8) is 0 Å². The van der Waals surface area contributed by atoms with Gasteiger partial charge in [0.2, 0.25) is 0 Å². The maximum Gasteiger partial charge on any atom is 0.123 e. The second-order valence-corrected chi connectivity index (χ2v) is 10.0. The van der Waals surface area contributed by atoms with E-state index in [0.29, 0.717) is 6.61 Å². The minimum atomic E-state index is -0.755. The molecule has 0 atom stereocenters. The molecule has 0 spiro atoms. The first-order chi connectivity index (χ1) is 15.9. The summed E-state index contributed by atoms with van der Waals surface area (Å²) < 4.78 is 11.6. The Balaban J connectivity index is 1.30. The summed E-state index contributed by atoms with van der Waals surface area (Å²) >= 11 is 0. The first-order valence-electron chi connectivity index (χ1n) is 12.5. The van der Waals surface area contributed by atoms with Crippen molar-refractivity contribution in [3.8, 4) is 11.5 Å². The molecule has 2 fully saturated rings. The Morgan fingerprint density at radius 1 is 0.848 bits per heavy atom. The van der Waals surface area contributed by atoms with Crippen molar-refractivity contribution in [1.29, 1.82) is 0 Å². The van der Waals surface area contributed by atoms with Crippen LogP contribution in [0, 0.1) is 13.8 Å². The summed E-state index contributed by atoms with van der Waals surface area (Å²) in [4.78, 5) is 4.98. The van der Waals surface area contributed by atoms with Crippen LogP contribution in [0.4, 0.5) is 0 Å². The maximum absolute atomic E-state index is 11.1. The van der Waals surface area contributed by atoms with Crippen molar-refractivity contribution in [1.82, 2.24) is 9.80 Å². The van der Waals surface area contributed by atoms with Gasteiger partial charge in [-0.15, -0.1) is 0 Å². The smallest absolute Gasteiger partial charge is 0.123 e. The van der Waals surface area contributed by atoms with E-state index in [2.05, 4.69) is 54.0 Å². The van der Waals surface area contributed by atoms with Crippen LogP contribution >= 0.6 is 0 Å². The number of benzene rings is 2. The highest BCUT2D eigenvalue weighted by atomic mass is 16.5. The fourth-order valence-electron chi connectivity index (χ4n) is 4.96. The highest BCUT2D eigenvalue weighted by molar-refractivity contribution is 5.37. The third kappa shape index (κ3) is 6.50. The monoisotopic (exact) mass is 452 g/mol. The van der Waals surface area contributed by atoms with Gasteiger partial charge in [0.25, 0.3) is 0 Å². The Morgan fingerprint density at radius 3 is 2.27 bits per heavy atom. The fourth-order valence-corrected chi connectivity index (χ4v) is 4.96. The second kappa shape index (κ2) is 10.9. The van der Waals surface area contributed by atoms with Gasteiger partial charge in [0.1, 0.15) is 23.7 Å². The molecular formula is C28H40N2O3. The van der Waals surface area contributed by atoms with E-state index in [0.717, 1.165) is 50.5 Å². The summed E-state index contributed by atoms with van der Waals surface area (Å²) in [6.45, 7) is 10.5. The van der Waals surface area contributed by atoms with E-state index in [4.69, 9.17) is 9.47 Å². The van der Waals surface area contributed by atoms with Crippen molar-refractivity contribution < 1.29 is 14.6 Å². The van der Waals surface area contributed by atoms with Crippen molar-refractivity contribution in [3.05, 3.63) is 58.7 Å². The zero-order valence-corrected chi connectivity index (χ0v) is 20.6. The zero-order chi connectivity index (χ0) is 23.3. The number of methoxy groups -OCH3 is 1. The lowest BCUT2D eigenvalue weighted by Crippen LogP contribution is -2.47. The predicted molar refractivity (Wildman–Crippen MR) is 133 cm³/mol. The normalized spacial score (nSPS) is 19.4. The van der Waals surface area contributed by atoms with Crippen LogP contribution < -0.4 is 9.47 Å². The Bertz CT molecular complexity index is 915. The van der Waals surface area contributed by atoms with Gasteiger partial charge >= 0.3 is 0 Å². The summed E-state index contributed by atoms with van der Waals surface area (Å²) in [7, 11) is 1.76. The molecule has 2 aromatic rings. The van der Waals surface area contributed by atoms with Gasteiger partial charge in [0, 0.05) is 31.7 Å². The Hall–Kier alpha value is -2.08. The van der Waals surface area contributed by atoms with Gasteiger partial charge in [-0.05, 0) is 93.6 Å². The third-order valence-electron chi connectivity index (χ3n) is 7.37. The number of piperidine rings is 2. The standard InChI is InChI=1S/C28H40N2O3/c1-22-7-9-26(17-23(22)2)33-21-28(31)11-15-30(16-12-28)19-24-8-10-27(32-3)25(18-24)20-29-13-5-4-6-14-29/h7-10,17-18,31H,4-6,11-16,19-21H2,1-3H3. The first kappa shape index (κ1) is 24.1. The summed E-state index contributed by atoms with van der Waals surface area (Å²) in [6.07, 6.45) is 5.41. The summed E-state index contributed by atoms with van der Waals surface area (Å²) in [5.41, 5.74) is 4.32. The van der Waals surface area contributed by atoms with Crippen LogP contribution in [0.5, 0.6) is 11.5 Å². The predicted octanol–water partition coefficient (Wildman–Crippen LogP) is 4.70. The third-order valence-corrected chi connectivity index (χ3v) is 7.37. The second-order valence-electron chi connectivity index (χ2n) is 10.0. The van der Waals surface area contributed by atoms with Crippen molar-refractivity contribution in [2.75, 3.05) is 39.9 Å². The fraction of sp³-hybridized carbons (Fsp3) is 0.571. The topological polar surface area (TPSA) is 45.2 Å². The number of aliphatic hydroxyl groups is 1. The summed E-state index contributed by atoms with van der Waals surface area (Å²) in [6, 6.07) is 12.7. The molecule has 0 unspecified atom stereocenters. The maximum atomic E-state index is 11.1. The molecule has 5 heteroatoms. The number of ether oxygens (including phenoxy) is 2. The minimum absolute atomic E-state index is 0.353. The first-order valence-corrected chi connectivity index (χ1v) is 12.5. The van der Waals surface area contributed by atoms with Crippen LogP contribution in [0.25, 0.3) is 0 Å². The van der Waals surface area contributed by atoms with E-state index >= 15 is 0 Å². The number of likely N-dealkylation sites (tertiary alicyclic amines) is 2. The molecule has 180 valence electrons. The molecule has 0 radical (unpaired) electrons. The van der Waals surface area contributed by atoms with Crippen molar-refractivity contribution in [2.45, 2.75) is 64.6 Å². The Labute approximate surface area is 199 Å². The van der Waals surface area contributed by atoms with Crippen LogP contribution in [0.3, 0.4) is 0 Å². The van der Waals surface area contributed by atoms with Gasteiger partial charge in [-0.1, -0.05) is 18.6 Å². The van der Waals surface area contributed by atoms with E-state index in [1.165, 1.54) is 54.6 Å². The molecular weight excluding hydrogens is 412 g/mol. The molecule has 2 aliphatic rings. The molecule has 2 aromatic carbocycles. The van der Waals surface area contributed by atoms with Crippen LogP contribution in [0.1, 0.15) is 54.4 Å². The molecule has 0 bridgehead atoms. The average Bonchev–Trinajstić information content (AvgIpc) is 2.82. The van der Waals surface area contributed by atoms with Crippen LogP contribution in [0.2, 0.25) is 0 Å². The quantitative estimate of drug-likeness (QED) is 0.629. The minimum Gasteiger partial charge on any atom is -0.496 e. The number of hydrogen-bond acceptors (Lipinski definition) is 5.